The van der Waals surface area contributed by atoms with Crippen molar-refractivity contribution in [1.82, 2.24) is 4.90 Å². The first-order chi connectivity index (χ1) is 6.20. The summed E-state index contributed by atoms with van der Waals surface area (Å²) in [7, 11) is 1.40. The number of carbonyl (C=O) groups excluding carboxylic acids is 1. The van der Waals surface area contributed by atoms with Crippen molar-refractivity contribution in [3.63, 3.8) is 0 Å². The van der Waals surface area contributed by atoms with E-state index in [1.165, 1.54) is 7.11 Å². The molecule has 0 saturated carbocycles. The molecule has 0 bridgehead atoms. The van der Waals surface area contributed by atoms with Gasteiger partial charge in [-0.15, -0.1) is 0 Å². The van der Waals surface area contributed by atoms with Gasteiger partial charge in [0.1, 0.15) is 0 Å². The molecule has 1 fully saturated rings. The Labute approximate surface area is 79.4 Å². The Kier molecular flexibility index (Phi) is 3.48. The van der Waals surface area contributed by atoms with Crippen molar-refractivity contribution in [3.8, 4) is 0 Å². The number of hydrogen-bond acceptors (Lipinski definition) is 3. The van der Waals surface area contributed by atoms with Crippen molar-refractivity contribution >= 4 is 5.97 Å². The zero-order valence-corrected chi connectivity index (χ0v) is 8.38. The lowest BCUT2D eigenvalue weighted by Crippen LogP contribution is -2.33. The van der Waals surface area contributed by atoms with Gasteiger partial charge in [-0.3, -0.25) is 4.90 Å². The number of nitrogens with zero attached hydrogens (tertiary/aromatic N) is 1. The van der Waals surface area contributed by atoms with Crippen molar-refractivity contribution in [1.29, 1.82) is 0 Å². The van der Waals surface area contributed by atoms with Gasteiger partial charge in [-0.25, -0.2) is 4.79 Å². The van der Waals surface area contributed by atoms with Gasteiger partial charge >= 0.3 is 5.97 Å². The lowest BCUT2D eigenvalue weighted by atomic mass is 10.1. The van der Waals surface area contributed by atoms with Crippen molar-refractivity contribution in [2.24, 2.45) is 0 Å². The second kappa shape index (κ2) is 4.42. The molecular weight excluding hydrogens is 166 g/mol. The van der Waals surface area contributed by atoms with Crippen LogP contribution in [-0.4, -0.2) is 37.1 Å². The van der Waals surface area contributed by atoms with Crippen LogP contribution in [0.25, 0.3) is 0 Å². The van der Waals surface area contributed by atoms with Crippen LogP contribution in [0.1, 0.15) is 19.8 Å². The Morgan fingerprint density at radius 2 is 2.38 bits per heavy atom. The van der Waals surface area contributed by atoms with Gasteiger partial charge in [0.05, 0.1) is 7.11 Å². The molecule has 1 rings (SSSR count). The molecule has 74 valence electrons. The van der Waals surface area contributed by atoms with Crippen molar-refractivity contribution in [2.45, 2.75) is 25.8 Å². The maximum atomic E-state index is 11.2. The van der Waals surface area contributed by atoms with Gasteiger partial charge in [-0.1, -0.05) is 13.5 Å². The van der Waals surface area contributed by atoms with E-state index in [-0.39, 0.29) is 12.0 Å². The molecule has 1 aliphatic heterocycles. The molecular formula is C10H17NO2. The predicted molar refractivity (Wildman–Crippen MR) is 51.4 cm³/mol. The topological polar surface area (TPSA) is 29.5 Å². The minimum Gasteiger partial charge on any atom is -0.466 e. The van der Waals surface area contributed by atoms with E-state index in [2.05, 4.69) is 23.1 Å². The van der Waals surface area contributed by atoms with Crippen molar-refractivity contribution in [2.75, 3.05) is 20.2 Å². The molecule has 0 aromatic heterocycles. The highest BCUT2D eigenvalue weighted by Crippen LogP contribution is 2.22. The van der Waals surface area contributed by atoms with Crippen LogP contribution in [-0.2, 0) is 9.53 Å². The fourth-order valence-corrected chi connectivity index (χ4v) is 1.87. The molecule has 0 N–H and O–H groups in total. The molecule has 13 heavy (non-hydrogen) atoms. The summed E-state index contributed by atoms with van der Waals surface area (Å²) in [6, 6.07) is 0.206. The zero-order valence-electron chi connectivity index (χ0n) is 8.38. The first-order valence-corrected chi connectivity index (χ1v) is 4.71. The number of carbonyl (C=O) groups is 1. The van der Waals surface area contributed by atoms with E-state index in [0.29, 0.717) is 5.57 Å². The highest BCUT2D eigenvalue weighted by Gasteiger charge is 2.28. The third-order valence-corrected chi connectivity index (χ3v) is 2.62. The number of esters is 1. The van der Waals surface area contributed by atoms with Gasteiger partial charge in [-0.2, -0.15) is 0 Å². The van der Waals surface area contributed by atoms with E-state index in [0.717, 1.165) is 25.9 Å². The summed E-state index contributed by atoms with van der Waals surface area (Å²) in [5.41, 5.74) is 0.599. The third kappa shape index (κ3) is 2.10. The molecule has 1 atom stereocenters. The van der Waals surface area contributed by atoms with Crippen LogP contribution < -0.4 is 0 Å². The minimum absolute atomic E-state index is 0.206. The van der Waals surface area contributed by atoms with Gasteiger partial charge in [0, 0.05) is 11.6 Å². The number of methoxy groups -OCH3 is 1. The second-order valence-electron chi connectivity index (χ2n) is 3.30. The quantitative estimate of drug-likeness (QED) is 0.486. The summed E-state index contributed by atoms with van der Waals surface area (Å²) in [6.45, 7) is 7.93. The largest absolute Gasteiger partial charge is 0.466 e. The summed E-state index contributed by atoms with van der Waals surface area (Å²) in [4.78, 5) is 13.5. The smallest absolute Gasteiger partial charge is 0.334 e. The van der Waals surface area contributed by atoms with Gasteiger partial charge in [-0.05, 0) is 25.9 Å². The number of ether oxygens (including phenoxy) is 1. The number of hydrogen-bond donors (Lipinski definition) is 0. The molecule has 0 amide bonds. The highest BCUT2D eigenvalue weighted by molar-refractivity contribution is 5.89. The number of likely N-dealkylation sites (tertiary alicyclic amines) is 1. The minimum atomic E-state index is -0.273. The lowest BCUT2D eigenvalue weighted by molar-refractivity contribution is -0.136. The SMILES string of the molecule is C=C(C(=O)OC)C1CCCN1CC. The summed E-state index contributed by atoms with van der Waals surface area (Å²) in [5, 5.41) is 0. The molecule has 3 nitrogen and oxygen atoms in total. The van der Waals surface area contributed by atoms with Gasteiger partial charge in [0.15, 0.2) is 0 Å². The molecule has 1 heterocycles. The summed E-state index contributed by atoms with van der Waals surface area (Å²) >= 11 is 0. The standard InChI is InChI=1S/C10H17NO2/c1-4-11-7-5-6-9(11)8(2)10(12)13-3/h9H,2,4-7H2,1,3H3. The zero-order chi connectivity index (χ0) is 9.84. The van der Waals surface area contributed by atoms with E-state index in [4.69, 9.17) is 0 Å². The second-order valence-corrected chi connectivity index (χ2v) is 3.30. The van der Waals surface area contributed by atoms with Gasteiger partial charge in [0.2, 0.25) is 0 Å². The van der Waals surface area contributed by atoms with E-state index in [9.17, 15) is 4.79 Å². The molecule has 0 aromatic carbocycles. The average Bonchev–Trinajstić information content (AvgIpc) is 2.62. The van der Waals surface area contributed by atoms with Crippen LogP contribution in [0.4, 0.5) is 0 Å². The van der Waals surface area contributed by atoms with E-state index in [1.807, 2.05) is 0 Å². The number of likely N-dealkylation sites (N-methyl/N-ethyl adjacent to an activating group) is 1. The molecule has 3 heteroatoms. The lowest BCUT2D eigenvalue weighted by Gasteiger charge is -2.23. The summed E-state index contributed by atoms with van der Waals surface area (Å²) < 4.78 is 4.65. The number of rotatable bonds is 3. The van der Waals surface area contributed by atoms with E-state index in [1.54, 1.807) is 0 Å². The van der Waals surface area contributed by atoms with E-state index < -0.39 is 0 Å². The first kappa shape index (κ1) is 10.3. The molecule has 0 radical (unpaired) electrons. The maximum Gasteiger partial charge on any atom is 0.334 e. The van der Waals surface area contributed by atoms with Crippen LogP contribution in [0.3, 0.4) is 0 Å². The first-order valence-electron chi connectivity index (χ1n) is 4.71. The van der Waals surface area contributed by atoms with Crippen LogP contribution in [0.5, 0.6) is 0 Å². The molecule has 1 saturated heterocycles. The summed E-state index contributed by atoms with van der Waals surface area (Å²) in [6.07, 6.45) is 2.18. The van der Waals surface area contributed by atoms with Crippen LogP contribution in [0.2, 0.25) is 0 Å². The highest BCUT2D eigenvalue weighted by atomic mass is 16.5. The van der Waals surface area contributed by atoms with Gasteiger partial charge in [0.25, 0.3) is 0 Å². The Morgan fingerprint density at radius 1 is 1.69 bits per heavy atom. The Bertz CT molecular complexity index is 213. The normalized spacial score (nSPS) is 23.1. The third-order valence-electron chi connectivity index (χ3n) is 2.62. The Hall–Kier alpha value is -0.830. The van der Waals surface area contributed by atoms with Crippen LogP contribution in [0.15, 0.2) is 12.2 Å². The summed E-state index contributed by atoms with van der Waals surface area (Å²) in [5.74, 6) is -0.273. The van der Waals surface area contributed by atoms with Gasteiger partial charge < -0.3 is 4.74 Å². The maximum absolute atomic E-state index is 11.2. The molecule has 0 aromatic rings. The van der Waals surface area contributed by atoms with Crippen LogP contribution in [0, 0.1) is 0 Å². The van der Waals surface area contributed by atoms with Crippen molar-refractivity contribution < 1.29 is 9.53 Å². The molecule has 0 spiro atoms. The van der Waals surface area contributed by atoms with Crippen molar-refractivity contribution in [3.05, 3.63) is 12.2 Å². The fraction of sp³-hybridized carbons (Fsp3) is 0.700. The Balaban J connectivity index is 2.60. The van der Waals surface area contributed by atoms with Crippen LogP contribution >= 0.6 is 0 Å². The molecule has 0 aliphatic carbocycles. The molecule has 1 aliphatic rings. The van der Waals surface area contributed by atoms with E-state index >= 15 is 0 Å². The average molecular weight is 183 g/mol. The molecule has 1 unspecified atom stereocenters. The fourth-order valence-electron chi connectivity index (χ4n) is 1.87. The Morgan fingerprint density at radius 3 is 2.92 bits per heavy atom. The predicted octanol–water partition coefficient (Wildman–Crippen LogP) is 1.20. The monoisotopic (exact) mass is 183 g/mol.